The number of ether oxygens (including phenoxy) is 1. The molecule has 0 aliphatic rings. The Balaban J connectivity index is 1.90. The summed E-state index contributed by atoms with van der Waals surface area (Å²) in [5.74, 6) is -0.137. The highest BCUT2D eigenvalue weighted by Crippen LogP contribution is 2.17. The maximum Gasteiger partial charge on any atom is 0.387 e. The Kier molecular flexibility index (Phi) is 5.22. The average Bonchev–Trinajstić information content (AvgIpc) is 2.45. The zero-order valence-corrected chi connectivity index (χ0v) is 11.5. The van der Waals surface area contributed by atoms with Crippen LogP contribution in [0.5, 0.6) is 5.75 Å². The molecular formula is C16H16F3NO. The molecule has 2 aromatic rings. The lowest BCUT2D eigenvalue weighted by molar-refractivity contribution is -0.0498. The smallest absolute Gasteiger partial charge is 0.387 e. The molecule has 0 amide bonds. The van der Waals surface area contributed by atoms with Crippen molar-refractivity contribution in [3.8, 4) is 5.75 Å². The van der Waals surface area contributed by atoms with Gasteiger partial charge in [-0.3, -0.25) is 0 Å². The number of hydrogen-bond acceptors (Lipinski definition) is 2. The SMILES string of the molecule is CC(NCc1ccc(OC(F)F)cc1)c1cccc(F)c1. The Morgan fingerprint density at radius 3 is 2.43 bits per heavy atom. The molecule has 1 N–H and O–H groups in total. The summed E-state index contributed by atoms with van der Waals surface area (Å²) < 4.78 is 41.5. The molecule has 2 aromatic carbocycles. The van der Waals surface area contributed by atoms with Gasteiger partial charge in [0, 0.05) is 12.6 Å². The van der Waals surface area contributed by atoms with Crippen molar-refractivity contribution in [1.29, 1.82) is 0 Å². The first-order valence-corrected chi connectivity index (χ1v) is 6.57. The van der Waals surface area contributed by atoms with Crippen LogP contribution >= 0.6 is 0 Å². The van der Waals surface area contributed by atoms with Gasteiger partial charge in [-0.2, -0.15) is 8.78 Å². The molecule has 0 aliphatic carbocycles. The van der Waals surface area contributed by atoms with Crippen molar-refractivity contribution in [3.05, 3.63) is 65.5 Å². The van der Waals surface area contributed by atoms with E-state index in [1.165, 1.54) is 24.3 Å². The molecule has 1 unspecified atom stereocenters. The Bertz CT molecular complexity index is 572. The topological polar surface area (TPSA) is 21.3 Å². The summed E-state index contributed by atoms with van der Waals surface area (Å²) in [4.78, 5) is 0. The lowest BCUT2D eigenvalue weighted by Crippen LogP contribution is -2.18. The molecule has 2 rings (SSSR count). The Morgan fingerprint density at radius 1 is 1.10 bits per heavy atom. The number of halogens is 3. The zero-order valence-electron chi connectivity index (χ0n) is 11.5. The maximum absolute atomic E-state index is 13.1. The van der Waals surface area contributed by atoms with Gasteiger partial charge >= 0.3 is 6.61 Å². The molecule has 0 saturated heterocycles. The van der Waals surface area contributed by atoms with Gasteiger partial charge in [-0.05, 0) is 42.3 Å². The van der Waals surface area contributed by atoms with Crippen LogP contribution in [0.1, 0.15) is 24.1 Å². The highest BCUT2D eigenvalue weighted by atomic mass is 19.3. The van der Waals surface area contributed by atoms with Crippen LogP contribution in [-0.4, -0.2) is 6.61 Å². The molecule has 0 saturated carbocycles. The quantitative estimate of drug-likeness (QED) is 0.859. The van der Waals surface area contributed by atoms with E-state index >= 15 is 0 Å². The third-order valence-electron chi connectivity index (χ3n) is 3.11. The zero-order chi connectivity index (χ0) is 15.2. The fourth-order valence-electron chi connectivity index (χ4n) is 1.95. The molecule has 21 heavy (non-hydrogen) atoms. The van der Waals surface area contributed by atoms with Gasteiger partial charge in [0.25, 0.3) is 0 Å². The van der Waals surface area contributed by atoms with Crippen molar-refractivity contribution >= 4 is 0 Å². The van der Waals surface area contributed by atoms with E-state index in [0.717, 1.165) is 11.1 Å². The predicted molar refractivity (Wildman–Crippen MR) is 74.7 cm³/mol. The van der Waals surface area contributed by atoms with E-state index in [4.69, 9.17) is 0 Å². The van der Waals surface area contributed by atoms with Crippen molar-refractivity contribution in [2.45, 2.75) is 26.1 Å². The fourth-order valence-corrected chi connectivity index (χ4v) is 1.95. The molecule has 2 nitrogen and oxygen atoms in total. The van der Waals surface area contributed by atoms with E-state index in [0.29, 0.717) is 6.54 Å². The standard InChI is InChI=1S/C16H16F3NO/c1-11(13-3-2-4-14(17)9-13)20-10-12-5-7-15(8-6-12)21-16(18)19/h2-9,11,16,20H,10H2,1H3. The monoisotopic (exact) mass is 295 g/mol. The largest absolute Gasteiger partial charge is 0.435 e. The van der Waals surface area contributed by atoms with Crippen molar-refractivity contribution in [1.82, 2.24) is 5.32 Å². The summed E-state index contributed by atoms with van der Waals surface area (Å²) in [5.41, 5.74) is 1.78. The van der Waals surface area contributed by atoms with Crippen LogP contribution in [0.2, 0.25) is 0 Å². The van der Waals surface area contributed by atoms with Gasteiger partial charge in [-0.1, -0.05) is 24.3 Å². The molecule has 0 aromatic heterocycles. The molecule has 0 spiro atoms. The molecule has 0 radical (unpaired) electrons. The van der Waals surface area contributed by atoms with Gasteiger partial charge in [0.15, 0.2) is 0 Å². The molecule has 1 atom stereocenters. The van der Waals surface area contributed by atoms with E-state index in [1.54, 1.807) is 18.2 Å². The summed E-state index contributed by atoms with van der Waals surface area (Å²) >= 11 is 0. The summed E-state index contributed by atoms with van der Waals surface area (Å²) in [6.45, 7) is -0.336. The Hall–Kier alpha value is -2.01. The van der Waals surface area contributed by atoms with Crippen molar-refractivity contribution < 1.29 is 17.9 Å². The second-order valence-electron chi connectivity index (χ2n) is 4.68. The van der Waals surface area contributed by atoms with Gasteiger partial charge < -0.3 is 10.1 Å². The number of nitrogens with one attached hydrogen (secondary N) is 1. The van der Waals surface area contributed by atoms with Crippen molar-refractivity contribution in [2.75, 3.05) is 0 Å². The molecule has 0 fully saturated rings. The first kappa shape index (κ1) is 15.4. The van der Waals surface area contributed by atoms with Crippen LogP contribution < -0.4 is 10.1 Å². The first-order valence-electron chi connectivity index (χ1n) is 6.57. The highest BCUT2D eigenvalue weighted by molar-refractivity contribution is 5.27. The van der Waals surface area contributed by atoms with Crippen LogP contribution in [0.25, 0.3) is 0 Å². The molecule has 112 valence electrons. The van der Waals surface area contributed by atoms with Crippen molar-refractivity contribution in [3.63, 3.8) is 0 Å². The summed E-state index contributed by atoms with van der Waals surface area (Å²) in [6, 6.07) is 12.8. The summed E-state index contributed by atoms with van der Waals surface area (Å²) in [7, 11) is 0. The number of hydrogen-bond donors (Lipinski definition) is 1. The van der Waals surface area contributed by atoms with E-state index < -0.39 is 6.61 Å². The second kappa shape index (κ2) is 7.13. The third-order valence-corrected chi connectivity index (χ3v) is 3.11. The van der Waals surface area contributed by atoms with Gasteiger partial charge in [-0.15, -0.1) is 0 Å². The summed E-state index contributed by atoms with van der Waals surface area (Å²) in [6.07, 6.45) is 0. The predicted octanol–water partition coefficient (Wildman–Crippen LogP) is 4.28. The van der Waals surface area contributed by atoms with Crippen LogP contribution in [0.4, 0.5) is 13.2 Å². The second-order valence-corrected chi connectivity index (χ2v) is 4.68. The van der Waals surface area contributed by atoms with E-state index in [2.05, 4.69) is 10.1 Å². The fraction of sp³-hybridized carbons (Fsp3) is 0.250. The minimum atomic E-state index is -2.82. The Labute approximate surface area is 121 Å². The van der Waals surface area contributed by atoms with Crippen LogP contribution in [0.3, 0.4) is 0 Å². The van der Waals surface area contributed by atoms with Gasteiger partial charge in [0.1, 0.15) is 11.6 Å². The molecule has 0 heterocycles. The van der Waals surface area contributed by atoms with E-state index in [1.807, 2.05) is 13.0 Å². The average molecular weight is 295 g/mol. The van der Waals surface area contributed by atoms with Crippen molar-refractivity contribution in [2.24, 2.45) is 0 Å². The van der Waals surface area contributed by atoms with Crippen LogP contribution in [0, 0.1) is 5.82 Å². The van der Waals surface area contributed by atoms with Crippen LogP contribution in [-0.2, 0) is 6.54 Å². The molecule has 0 bridgehead atoms. The Morgan fingerprint density at radius 2 is 1.81 bits per heavy atom. The minimum Gasteiger partial charge on any atom is -0.435 e. The molecule has 0 aliphatic heterocycles. The highest BCUT2D eigenvalue weighted by Gasteiger charge is 2.07. The van der Waals surface area contributed by atoms with Gasteiger partial charge in [-0.25, -0.2) is 4.39 Å². The normalized spacial score (nSPS) is 12.4. The molecular weight excluding hydrogens is 279 g/mol. The first-order chi connectivity index (χ1) is 10.0. The number of alkyl halides is 2. The van der Waals surface area contributed by atoms with Crippen LogP contribution in [0.15, 0.2) is 48.5 Å². The number of benzene rings is 2. The maximum atomic E-state index is 13.1. The lowest BCUT2D eigenvalue weighted by atomic mass is 10.1. The molecule has 5 heteroatoms. The summed E-state index contributed by atoms with van der Waals surface area (Å²) in [5, 5.41) is 3.25. The van der Waals surface area contributed by atoms with E-state index in [-0.39, 0.29) is 17.6 Å². The van der Waals surface area contributed by atoms with E-state index in [9.17, 15) is 13.2 Å². The third kappa shape index (κ3) is 4.79. The minimum absolute atomic E-state index is 0.0160. The lowest BCUT2D eigenvalue weighted by Gasteiger charge is -2.14. The van der Waals surface area contributed by atoms with Gasteiger partial charge in [0.2, 0.25) is 0 Å². The number of rotatable bonds is 6. The van der Waals surface area contributed by atoms with Gasteiger partial charge in [0.05, 0.1) is 0 Å².